The number of alkyl halides is 3. The van der Waals surface area contributed by atoms with Gasteiger partial charge in [-0.2, -0.15) is 23.4 Å². The topological polar surface area (TPSA) is 34.0 Å². The summed E-state index contributed by atoms with van der Waals surface area (Å²) in [6.07, 6.45) is -1.21. The summed E-state index contributed by atoms with van der Waals surface area (Å²) in [4.78, 5) is 0. The van der Waals surface area contributed by atoms with E-state index in [1.54, 1.807) is 18.3 Å². The second-order valence-electron chi connectivity index (χ2n) is 4.87. The van der Waals surface area contributed by atoms with E-state index in [1.807, 2.05) is 31.2 Å². The minimum Gasteiger partial charge on any atom is -0.484 e. The van der Waals surface area contributed by atoms with Crippen LogP contribution in [0.4, 0.5) is 13.2 Å². The van der Waals surface area contributed by atoms with Crippen LogP contribution in [0.2, 0.25) is 0 Å². The number of nitrogens with zero attached hydrogens (tertiary/aromatic N) is 2. The molecule has 0 aromatic heterocycles. The number of ether oxygens (including phenoxy) is 1. The molecule has 0 unspecified atom stereocenters. The quantitative estimate of drug-likeness (QED) is 0.594. The van der Waals surface area contributed by atoms with Crippen LogP contribution in [0.25, 0.3) is 0 Å². The summed E-state index contributed by atoms with van der Waals surface area (Å²) >= 11 is 0. The highest BCUT2D eigenvalue weighted by molar-refractivity contribution is 5.82. The Balaban J connectivity index is 1.88. The van der Waals surface area contributed by atoms with Gasteiger partial charge in [0.2, 0.25) is 0 Å². The second-order valence-corrected chi connectivity index (χ2v) is 4.87. The molecule has 0 spiro atoms. The molecule has 0 heterocycles. The predicted molar refractivity (Wildman–Crippen MR) is 84.4 cm³/mol. The van der Waals surface area contributed by atoms with Gasteiger partial charge in [0.15, 0.2) is 6.61 Å². The third kappa shape index (κ3) is 6.34. The molecule has 120 valence electrons. The monoisotopic (exact) mass is 320 g/mol. The summed E-state index contributed by atoms with van der Waals surface area (Å²) in [7, 11) is 0. The fraction of sp³-hybridized carbons (Fsp3) is 0.176. The van der Waals surface area contributed by atoms with Crippen molar-refractivity contribution in [2.24, 2.45) is 10.2 Å². The zero-order valence-corrected chi connectivity index (χ0v) is 12.4. The van der Waals surface area contributed by atoms with Crippen LogP contribution in [-0.2, 0) is 0 Å². The van der Waals surface area contributed by atoms with Crippen molar-refractivity contribution in [3.63, 3.8) is 0 Å². The zero-order valence-electron chi connectivity index (χ0n) is 12.4. The summed E-state index contributed by atoms with van der Waals surface area (Å²) in [5.74, 6) is 0.155. The summed E-state index contributed by atoms with van der Waals surface area (Å²) in [6.45, 7) is 0.697. The Morgan fingerprint density at radius 2 is 1.35 bits per heavy atom. The van der Waals surface area contributed by atoms with Crippen molar-refractivity contribution in [2.45, 2.75) is 13.1 Å². The molecule has 3 nitrogen and oxygen atoms in total. The standard InChI is InChI=1S/C17H15F3N2O/c1-13-2-4-14(5-3-13)10-21-22-11-15-6-8-16(9-7-15)23-12-17(18,19)20/h2-11H,12H2,1H3. The van der Waals surface area contributed by atoms with E-state index in [2.05, 4.69) is 14.9 Å². The van der Waals surface area contributed by atoms with Crippen molar-refractivity contribution in [3.05, 3.63) is 65.2 Å². The molecule has 2 aromatic rings. The van der Waals surface area contributed by atoms with Crippen molar-refractivity contribution >= 4 is 12.4 Å². The van der Waals surface area contributed by atoms with Gasteiger partial charge >= 0.3 is 6.18 Å². The molecular formula is C17H15F3N2O. The van der Waals surface area contributed by atoms with Crippen LogP contribution >= 0.6 is 0 Å². The SMILES string of the molecule is Cc1ccc(C=NN=Cc2ccc(OCC(F)(F)F)cc2)cc1. The van der Waals surface area contributed by atoms with Crippen molar-refractivity contribution < 1.29 is 17.9 Å². The zero-order chi connectivity index (χ0) is 16.7. The Hall–Kier alpha value is -2.63. The molecule has 0 aliphatic rings. The van der Waals surface area contributed by atoms with Gasteiger partial charge in [-0.3, -0.25) is 0 Å². The predicted octanol–water partition coefficient (Wildman–Crippen LogP) is 4.39. The van der Waals surface area contributed by atoms with Crippen LogP contribution in [0.15, 0.2) is 58.7 Å². The van der Waals surface area contributed by atoms with Gasteiger partial charge < -0.3 is 4.74 Å². The Kier molecular flexibility index (Phi) is 5.51. The maximum absolute atomic E-state index is 12.0. The molecule has 0 aliphatic heterocycles. The number of halogens is 3. The van der Waals surface area contributed by atoms with Gasteiger partial charge in [0.05, 0.1) is 12.4 Å². The first-order valence-electron chi connectivity index (χ1n) is 6.85. The number of rotatable bonds is 5. The van der Waals surface area contributed by atoms with Gasteiger partial charge in [-0.25, -0.2) is 0 Å². The van der Waals surface area contributed by atoms with E-state index in [9.17, 15) is 13.2 Å². The Bertz CT molecular complexity index is 674. The maximum atomic E-state index is 12.0. The van der Waals surface area contributed by atoms with Gasteiger partial charge in [-0.05, 0) is 42.3 Å². The molecule has 2 aromatic carbocycles. The number of hydrogen-bond acceptors (Lipinski definition) is 3. The number of benzene rings is 2. The van der Waals surface area contributed by atoms with Crippen molar-refractivity contribution in [1.29, 1.82) is 0 Å². The molecule has 0 amide bonds. The smallest absolute Gasteiger partial charge is 0.422 e. The number of aryl methyl sites for hydroxylation is 1. The van der Waals surface area contributed by atoms with E-state index in [0.29, 0.717) is 5.56 Å². The number of hydrogen-bond donors (Lipinski definition) is 0. The molecule has 0 radical (unpaired) electrons. The van der Waals surface area contributed by atoms with Crippen LogP contribution in [0.1, 0.15) is 16.7 Å². The first-order valence-corrected chi connectivity index (χ1v) is 6.85. The van der Waals surface area contributed by atoms with E-state index in [0.717, 1.165) is 5.56 Å². The molecule has 0 bridgehead atoms. The van der Waals surface area contributed by atoms with Gasteiger partial charge in [0.25, 0.3) is 0 Å². The lowest BCUT2D eigenvalue weighted by molar-refractivity contribution is -0.153. The molecular weight excluding hydrogens is 305 g/mol. The molecule has 0 saturated heterocycles. The van der Waals surface area contributed by atoms with Crippen molar-refractivity contribution in [3.8, 4) is 5.75 Å². The Labute approximate surface area is 132 Å². The lowest BCUT2D eigenvalue weighted by Gasteiger charge is -2.08. The van der Waals surface area contributed by atoms with Gasteiger partial charge in [-0.15, -0.1) is 0 Å². The first kappa shape index (κ1) is 16.7. The highest BCUT2D eigenvalue weighted by atomic mass is 19.4. The van der Waals surface area contributed by atoms with Crippen LogP contribution < -0.4 is 4.74 Å². The summed E-state index contributed by atoms with van der Waals surface area (Å²) in [5, 5.41) is 7.82. The van der Waals surface area contributed by atoms with E-state index < -0.39 is 12.8 Å². The molecule has 0 N–H and O–H groups in total. The van der Waals surface area contributed by atoms with Gasteiger partial charge in [-0.1, -0.05) is 29.8 Å². The minimum absolute atomic E-state index is 0.155. The van der Waals surface area contributed by atoms with Gasteiger partial charge in [0, 0.05) is 0 Å². The molecule has 23 heavy (non-hydrogen) atoms. The maximum Gasteiger partial charge on any atom is 0.422 e. The normalized spacial score (nSPS) is 12.2. The summed E-state index contributed by atoms with van der Waals surface area (Å²) < 4.78 is 40.7. The van der Waals surface area contributed by atoms with Crippen molar-refractivity contribution in [2.75, 3.05) is 6.61 Å². The highest BCUT2D eigenvalue weighted by Crippen LogP contribution is 2.18. The molecule has 0 fully saturated rings. The molecule has 6 heteroatoms. The fourth-order valence-electron chi connectivity index (χ4n) is 1.67. The molecule has 0 atom stereocenters. The van der Waals surface area contributed by atoms with Crippen LogP contribution in [0.3, 0.4) is 0 Å². The van der Waals surface area contributed by atoms with Crippen LogP contribution in [0.5, 0.6) is 5.75 Å². The lowest BCUT2D eigenvalue weighted by Crippen LogP contribution is -2.19. The molecule has 0 saturated carbocycles. The first-order chi connectivity index (χ1) is 10.9. The Morgan fingerprint density at radius 1 is 0.870 bits per heavy atom. The third-order valence-electron chi connectivity index (χ3n) is 2.84. The summed E-state index contributed by atoms with van der Waals surface area (Å²) in [5.41, 5.74) is 2.81. The average molecular weight is 320 g/mol. The van der Waals surface area contributed by atoms with E-state index >= 15 is 0 Å². The Morgan fingerprint density at radius 3 is 1.83 bits per heavy atom. The average Bonchev–Trinajstić information content (AvgIpc) is 2.52. The highest BCUT2D eigenvalue weighted by Gasteiger charge is 2.28. The van der Waals surface area contributed by atoms with E-state index in [4.69, 9.17) is 0 Å². The fourth-order valence-corrected chi connectivity index (χ4v) is 1.67. The van der Waals surface area contributed by atoms with Gasteiger partial charge in [0.1, 0.15) is 5.75 Å². The van der Waals surface area contributed by atoms with E-state index in [-0.39, 0.29) is 5.75 Å². The second kappa shape index (κ2) is 7.58. The van der Waals surface area contributed by atoms with E-state index in [1.165, 1.54) is 23.9 Å². The summed E-state index contributed by atoms with van der Waals surface area (Å²) in [6, 6.07) is 13.9. The molecule has 0 aliphatic carbocycles. The van der Waals surface area contributed by atoms with Crippen molar-refractivity contribution in [1.82, 2.24) is 0 Å². The molecule has 2 rings (SSSR count). The lowest BCUT2D eigenvalue weighted by atomic mass is 10.2. The minimum atomic E-state index is -4.34. The largest absolute Gasteiger partial charge is 0.484 e. The third-order valence-corrected chi connectivity index (χ3v) is 2.84. The van der Waals surface area contributed by atoms with Crippen LogP contribution in [0, 0.1) is 6.92 Å². The van der Waals surface area contributed by atoms with Crippen LogP contribution in [-0.4, -0.2) is 25.2 Å².